The van der Waals surface area contributed by atoms with E-state index in [0.29, 0.717) is 24.4 Å². The molecule has 2 heterocycles. The zero-order valence-electron chi connectivity index (χ0n) is 9.55. The number of rotatable bonds is 5. The number of carbonyl (C=O) groups excluding carboxylic acids is 1. The van der Waals surface area contributed by atoms with Gasteiger partial charge in [-0.25, -0.2) is 13.2 Å². The van der Waals surface area contributed by atoms with Crippen LogP contribution in [-0.4, -0.2) is 33.9 Å². The fourth-order valence-corrected chi connectivity index (χ4v) is 3.91. The third-order valence-corrected chi connectivity index (χ3v) is 4.68. The van der Waals surface area contributed by atoms with Gasteiger partial charge in [-0.2, -0.15) is 8.78 Å². The van der Waals surface area contributed by atoms with Gasteiger partial charge in [0.15, 0.2) is 5.75 Å². The zero-order chi connectivity index (χ0) is 14.9. The molecule has 112 valence electrons. The molecule has 0 saturated carbocycles. The summed E-state index contributed by atoms with van der Waals surface area (Å²) in [6.45, 7) is -2.83. The van der Waals surface area contributed by atoms with Crippen molar-refractivity contribution in [2.75, 3.05) is 6.61 Å². The predicted octanol–water partition coefficient (Wildman–Crippen LogP) is 2.18. The molecule has 0 spiro atoms. The van der Waals surface area contributed by atoms with Crippen molar-refractivity contribution in [2.24, 2.45) is 0 Å². The van der Waals surface area contributed by atoms with Crippen LogP contribution in [0.1, 0.15) is 16.1 Å². The number of hydrogen-bond donors (Lipinski definition) is 0. The Labute approximate surface area is 120 Å². The van der Waals surface area contributed by atoms with E-state index >= 15 is 0 Å². The minimum Gasteiger partial charge on any atom is -0.432 e. The Bertz CT molecular complexity index is 610. The van der Waals surface area contributed by atoms with Crippen molar-refractivity contribution in [1.82, 2.24) is 0 Å². The molecule has 1 aliphatic rings. The molecule has 0 amide bonds. The van der Waals surface area contributed by atoms with Crippen LogP contribution in [0.2, 0.25) is 0 Å². The highest BCUT2D eigenvalue weighted by atomic mass is 35.7. The van der Waals surface area contributed by atoms with Crippen molar-refractivity contribution in [3.05, 3.63) is 10.3 Å². The second-order valence-corrected chi connectivity index (χ2v) is 6.95. The molecular weight excluding hydrogens is 342 g/mol. The first-order valence-electron chi connectivity index (χ1n) is 5.12. The van der Waals surface area contributed by atoms with Crippen LogP contribution < -0.4 is 4.74 Å². The van der Waals surface area contributed by atoms with Crippen LogP contribution in [0.25, 0.3) is 0 Å². The van der Waals surface area contributed by atoms with Crippen LogP contribution in [0, 0.1) is 0 Å². The molecule has 11 heteroatoms. The quantitative estimate of drug-likeness (QED) is 0.599. The van der Waals surface area contributed by atoms with Crippen LogP contribution in [0.3, 0.4) is 0 Å². The maximum atomic E-state index is 12.2. The summed E-state index contributed by atoms with van der Waals surface area (Å²) in [6, 6.07) is 0. The molecule has 1 saturated heterocycles. The fourth-order valence-electron chi connectivity index (χ4n) is 1.36. The molecule has 0 aliphatic carbocycles. The molecule has 0 aromatic carbocycles. The highest BCUT2D eigenvalue weighted by molar-refractivity contribution is 8.14. The molecule has 0 radical (unpaired) electrons. The van der Waals surface area contributed by atoms with Crippen molar-refractivity contribution in [3.8, 4) is 5.75 Å². The number of thiophene rings is 1. The maximum absolute atomic E-state index is 12.2. The van der Waals surface area contributed by atoms with Crippen LogP contribution in [0.4, 0.5) is 8.78 Å². The van der Waals surface area contributed by atoms with Crippen LogP contribution >= 0.6 is 22.0 Å². The van der Waals surface area contributed by atoms with Crippen molar-refractivity contribution in [3.63, 3.8) is 0 Å². The normalized spacial score (nSPS) is 18.7. The molecule has 1 atom stereocenters. The van der Waals surface area contributed by atoms with Gasteiger partial charge in [0.05, 0.1) is 6.61 Å². The summed E-state index contributed by atoms with van der Waals surface area (Å²) < 4.78 is 60.8. The molecule has 2 rings (SSSR count). The Kier molecular flexibility index (Phi) is 4.47. The maximum Gasteiger partial charge on any atom is 0.387 e. The summed E-state index contributed by atoms with van der Waals surface area (Å²) in [5.74, 6) is -1.72. The van der Waals surface area contributed by atoms with E-state index in [1.165, 1.54) is 0 Å². The molecule has 1 aliphatic heterocycles. The minimum absolute atomic E-state index is 0.419. The number of halogens is 3. The number of esters is 1. The molecule has 1 unspecified atom stereocenters. The molecule has 0 bridgehead atoms. The summed E-state index contributed by atoms with van der Waals surface area (Å²) >= 11 is 0.578. The lowest BCUT2D eigenvalue weighted by atomic mass is 10.3. The standard InChI is InChI=1S/C9H7ClF2O6S2/c10-20(14,15)7-4(17-9(11)12)3-19-6(7)8(13)18-5-1-2-16-5/h3,5,9H,1-2H2. The van der Waals surface area contributed by atoms with Crippen LogP contribution in [0.15, 0.2) is 10.3 Å². The van der Waals surface area contributed by atoms with Gasteiger partial charge in [-0.15, -0.1) is 11.3 Å². The van der Waals surface area contributed by atoms with Gasteiger partial charge in [0.1, 0.15) is 9.77 Å². The topological polar surface area (TPSA) is 78.9 Å². The van der Waals surface area contributed by atoms with E-state index in [-0.39, 0.29) is 0 Å². The zero-order valence-corrected chi connectivity index (χ0v) is 11.9. The summed E-state index contributed by atoms with van der Waals surface area (Å²) in [6.07, 6.45) is -0.296. The van der Waals surface area contributed by atoms with E-state index in [4.69, 9.17) is 20.2 Å². The van der Waals surface area contributed by atoms with E-state index in [2.05, 4.69) is 4.74 Å². The van der Waals surface area contributed by atoms with Gasteiger partial charge in [0.2, 0.25) is 6.29 Å². The SMILES string of the molecule is O=C(OC1CCO1)c1scc(OC(F)F)c1S(=O)(=O)Cl. The van der Waals surface area contributed by atoms with Crippen LogP contribution in [-0.2, 0) is 18.5 Å². The lowest BCUT2D eigenvalue weighted by molar-refractivity contribution is -0.184. The highest BCUT2D eigenvalue weighted by Gasteiger charge is 2.33. The highest BCUT2D eigenvalue weighted by Crippen LogP contribution is 2.37. The first-order valence-corrected chi connectivity index (χ1v) is 8.31. The minimum atomic E-state index is -4.45. The average Bonchev–Trinajstić information content (AvgIpc) is 2.65. The van der Waals surface area contributed by atoms with Gasteiger partial charge < -0.3 is 14.2 Å². The fraction of sp³-hybridized carbons (Fsp3) is 0.444. The van der Waals surface area contributed by atoms with Gasteiger partial charge in [0.25, 0.3) is 9.05 Å². The summed E-state index contributed by atoms with van der Waals surface area (Å²) in [7, 11) is 0.684. The average molecular weight is 349 g/mol. The van der Waals surface area contributed by atoms with Crippen molar-refractivity contribution < 1.29 is 36.2 Å². The Balaban J connectivity index is 2.32. The van der Waals surface area contributed by atoms with E-state index in [9.17, 15) is 22.0 Å². The molecule has 0 N–H and O–H groups in total. The monoisotopic (exact) mass is 348 g/mol. The Hall–Kier alpha value is -0.970. The Morgan fingerprint density at radius 2 is 2.20 bits per heavy atom. The molecular formula is C9H7ClF2O6S2. The largest absolute Gasteiger partial charge is 0.432 e. The van der Waals surface area contributed by atoms with Gasteiger partial charge in [-0.3, -0.25) is 0 Å². The van der Waals surface area contributed by atoms with Gasteiger partial charge >= 0.3 is 12.6 Å². The smallest absolute Gasteiger partial charge is 0.387 e. The Morgan fingerprint density at radius 3 is 2.65 bits per heavy atom. The summed E-state index contributed by atoms with van der Waals surface area (Å²) in [5, 5.41) is 0.944. The number of ether oxygens (including phenoxy) is 3. The number of carbonyl (C=O) groups is 1. The van der Waals surface area contributed by atoms with Crippen LogP contribution in [0.5, 0.6) is 5.75 Å². The molecule has 1 fully saturated rings. The summed E-state index contributed by atoms with van der Waals surface area (Å²) in [5.41, 5.74) is 0. The van der Waals surface area contributed by atoms with Crippen molar-refractivity contribution >= 4 is 37.0 Å². The number of alkyl halides is 2. The van der Waals surface area contributed by atoms with E-state index in [0.717, 1.165) is 5.38 Å². The second kappa shape index (κ2) is 5.80. The van der Waals surface area contributed by atoms with Gasteiger partial charge in [-0.05, 0) is 0 Å². The lowest BCUT2D eigenvalue weighted by Crippen LogP contribution is -2.31. The first-order chi connectivity index (χ1) is 9.29. The van der Waals surface area contributed by atoms with Crippen molar-refractivity contribution in [1.29, 1.82) is 0 Å². The predicted molar refractivity (Wildman–Crippen MR) is 63.8 cm³/mol. The molecule has 6 nitrogen and oxygen atoms in total. The molecule has 1 aromatic rings. The van der Waals surface area contributed by atoms with Crippen molar-refractivity contribution in [2.45, 2.75) is 24.2 Å². The molecule has 1 aromatic heterocycles. The van der Waals surface area contributed by atoms with Gasteiger partial charge in [0, 0.05) is 22.5 Å². The first kappa shape index (κ1) is 15.4. The second-order valence-electron chi connectivity index (χ2n) is 3.57. The van der Waals surface area contributed by atoms with E-state index < -0.39 is 43.4 Å². The van der Waals surface area contributed by atoms with E-state index in [1.807, 2.05) is 0 Å². The number of hydrogen-bond acceptors (Lipinski definition) is 7. The van der Waals surface area contributed by atoms with E-state index in [1.54, 1.807) is 0 Å². The summed E-state index contributed by atoms with van der Waals surface area (Å²) in [4.78, 5) is 10.5. The van der Waals surface area contributed by atoms with Gasteiger partial charge in [-0.1, -0.05) is 0 Å². The Morgan fingerprint density at radius 1 is 1.55 bits per heavy atom. The third kappa shape index (κ3) is 3.37. The molecule has 20 heavy (non-hydrogen) atoms. The lowest BCUT2D eigenvalue weighted by Gasteiger charge is -2.25. The third-order valence-electron chi connectivity index (χ3n) is 2.25.